The summed E-state index contributed by atoms with van der Waals surface area (Å²) in [5.41, 5.74) is 0. The Kier molecular flexibility index (Phi) is 46.4. The zero-order valence-electron chi connectivity index (χ0n) is 41.5. The molecule has 378 valence electrons. The van der Waals surface area contributed by atoms with Gasteiger partial charge in [-0.2, -0.15) is 0 Å². The van der Waals surface area contributed by atoms with Gasteiger partial charge >= 0.3 is 25.7 Å². The maximum absolute atomic E-state index is 12.8. The Morgan fingerprint density at radius 1 is 0.422 bits per heavy atom. The molecular weight excluding hydrogens is 832 g/mol. The minimum absolute atomic E-state index is 0.172. The minimum atomic E-state index is -4.73. The Labute approximate surface area is 392 Å². The summed E-state index contributed by atoms with van der Waals surface area (Å²) in [6.45, 7) is 4.60. The number of ether oxygens (including phenoxy) is 3. The van der Waals surface area contributed by atoms with E-state index in [1.807, 2.05) is 0 Å². The third-order valence-electron chi connectivity index (χ3n) is 11.7. The fourth-order valence-corrected chi connectivity index (χ4v) is 8.36. The van der Waals surface area contributed by atoms with Crippen molar-refractivity contribution < 1.29 is 52.2 Å². The minimum Gasteiger partial charge on any atom is -0.462 e. The molecule has 0 radical (unpaired) electrons. The van der Waals surface area contributed by atoms with Gasteiger partial charge < -0.3 is 24.2 Å². The van der Waals surface area contributed by atoms with E-state index in [-0.39, 0.29) is 25.9 Å². The molecule has 11 nitrogen and oxygen atoms in total. The summed E-state index contributed by atoms with van der Waals surface area (Å²) < 4.78 is 39.3. The van der Waals surface area contributed by atoms with Crippen LogP contribution in [-0.2, 0) is 42.2 Å². The van der Waals surface area contributed by atoms with Crippen molar-refractivity contribution in [2.45, 2.75) is 277 Å². The SMILES string of the molecule is CCCC/C=C\CCCCCCCC(=O)OC(CO)COP(=O)(O)OCC(COC(=O)CCCCCCCCCCC)OC(=O)CCCCCCCCCCCCCCCCCCC. The molecule has 0 amide bonds. The zero-order valence-corrected chi connectivity index (χ0v) is 42.4. The van der Waals surface area contributed by atoms with Crippen molar-refractivity contribution in [3.63, 3.8) is 0 Å². The predicted octanol–water partition coefficient (Wildman–Crippen LogP) is 14.9. The lowest BCUT2D eigenvalue weighted by Gasteiger charge is -2.21. The highest BCUT2D eigenvalue weighted by atomic mass is 31.2. The van der Waals surface area contributed by atoms with E-state index < -0.39 is 57.8 Å². The van der Waals surface area contributed by atoms with Crippen molar-refractivity contribution in [2.24, 2.45) is 0 Å². The highest BCUT2D eigenvalue weighted by Crippen LogP contribution is 2.43. The van der Waals surface area contributed by atoms with Gasteiger partial charge in [0.2, 0.25) is 0 Å². The van der Waals surface area contributed by atoms with Gasteiger partial charge in [0.25, 0.3) is 0 Å². The summed E-state index contributed by atoms with van der Waals surface area (Å²) in [6.07, 6.45) is 43.3. The van der Waals surface area contributed by atoms with Crippen molar-refractivity contribution in [3.05, 3.63) is 12.2 Å². The van der Waals surface area contributed by atoms with Gasteiger partial charge in [-0.1, -0.05) is 219 Å². The fraction of sp³-hybridized carbons (Fsp3) is 0.904. The number of carbonyl (C=O) groups is 3. The largest absolute Gasteiger partial charge is 0.472 e. The first kappa shape index (κ1) is 62.2. The number of aliphatic hydroxyl groups is 1. The van der Waals surface area contributed by atoms with Crippen LogP contribution in [0.4, 0.5) is 0 Å². The van der Waals surface area contributed by atoms with Crippen LogP contribution in [0.5, 0.6) is 0 Å². The molecule has 0 aliphatic rings. The number of unbranched alkanes of at least 4 members (excludes halogenated alkanes) is 31. The van der Waals surface area contributed by atoms with Gasteiger partial charge in [-0.3, -0.25) is 23.4 Å². The molecule has 0 aliphatic heterocycles. The molecule has 0 saturated carbocycles. The highest BCUT2D eigenvalue weighted by Gasteiger charge is 2.28. The Morgan fingerprint density at radius 2 is 0.734 bits per heavy atom. The van der Waals surface area contributed by atoms with Crippen molar-refractivity contribution in [3.8, 4) is 0 Å². The van der Waals surface area contributed by atoms with Crippen LogP contribution in [0, 0.1) is 0 Å². The quantitative estimate of drug-likeness (QED) is 0.0197. The molecule has 0 aromatic rings. The van der Waals surface area contributed by atoms with E-state index in [9.17, 15) is 28.9 Å². The molecule has 0 aromatic heterocycles. The standard InChI is InChI=1S/C52H99O11P/c1-4-7-10-13-16-19-21-22-23-24-25-26-28-31-34-37-40-43-52(56)63-49(45-59-50(54)41-38-35-32-29-18-15-12-9-6-3)47-61-64(57,58)60-46-48(44-53)62-51(55)42-39-36-33-30-27-20-17-14-11-8-5-2/h14,17,48-49,53H,4-13,15-16,18-47H2,1-3H3,(H,57,58)/b17-14-. The molecule has 0 heterocycles. The summed E-state index contributed by atoms with van der Waals surface area (Å²) in [4.78, 5) is 48.2. The smallest absolute Gasteiger partial charge is 0.462 e. The van der Waals surface area contributed by atoms with Crippen LogP contribution < -0.4 is 0 Å². The van der Waals surface area contributed by atoms with Gasteiger partial charge in [-0.25, -0.2) is 4.57 Å². The molecule has 3 unspecified atom stereocenters. The third kappa shape index (κ3) is 45.4. The predicted molar refractivity (Wildman–Crippen MR) is 261 cm³/mol. The first-order chi connectivity index (χ1) is 31.2. The van der Waals surface area contributed by atoms with Gasteiger partial charge in [0.1, 0.15) is 12.7 Å². The molecule has 0 aromatic carbocycles. The number of rotatable bonds is 50. The van der Waals surface area contributed by atoms with E-state index in [4.69, 9.17) is 23.3 Å². The van der Waals surface area contributed by atoms with Crippen molar-refractivity contribution >= 4 is 25.7 Å². The fourth-order valence-electron chi connectivity index (χ4n) is 7.57. The topological polar surface area (TPSA) is 155 Å². The second-order valence-corrected chi connectivity index (χ2v) is 19.5. The molecule has 0 saturated heterocycles. The summed E-state index contributed by atoms with van der Waals surface area (Å²) in [7, 11) is -4.73. The van der Waals surface area contributed by atoms with Crippen LogP contribution in [0.1, 0.15) is 265 Å². The summed E-state index contributed by atoms with van der Waals surface area (Å²) >= 11 is 0. The van der Waals surface area contributed by atoms with Crippen LogP contribution in [0.2, 0.25) is 0 Å². The summed E-state index contributed by atoms with van der Waals surface area (Å²) in [6, 6.07) is 0. The maximum atomic E-state index is 12.8. The average Bonchev–Trinajstić information content (AvgIpc) is 3.28. The van der Waals surface area contributed by atoms with Crippen LogP contribution in [0.25, 0.3) is 0 Å². The molecule has 12 heteroatoms. The van der Waals surface area contributed by atoms with Gasteiger partial charge in [0.15, 0.2) is 6.10 Å². The molecule has 0 fully saturated rings. The van der Waals surface area contributed by atoms with Gasteiger partial charge in [0, 0.05) is 19.3 Å². The summed E-state index contributed by atoms with van der Waals surface area (Å²) in [5, 5.41) is 9.75. The van der Waals surface area contributed by atoms with Crippen LogP contribution in [0.15, 0.2) is 12.2 Å². The number of hydrogen-bond acceptors (Lipinski definition) is 10. The van der Waals surface area contributed by atoms with E-state index in [1.165, 1.54) is 128 Å². The molecule has 0 bridgehead atoms. The highest BCUT2D eigenvalue weighted by molar-refractivity contribution is 7.47. The first-order valence-corrected chi connectivity index (χ1v) is 28.1. The number of hydrogen-bond donors (Lipinski definition) is 2. The van der Waals surface area contributed by atoms with Crippen LogP contribution in [-0.4, -0.2) is 66.5 Å². The van der Waals surface area contributed by atoms with E-state index in [0.717, 1.165) is 77.0 Å². The number of phosphoric ester groups is 1. The molecule has 64 heavy (non-hydrogen) atoms. The average molecular weight is 931 g/mol. The second kappa shape index (κ2) is 47.7. The Bertz CT molecular complexity index is 1130. The Balaban J connectivity index is 4.64. The Hall–Kier alpha value is -1.78. The van der Waals surface area contributed by atoms with E-state index >= 15 is 0 Å². The van der Waals surface area contributed by atoms with E-state index in [0.29, 0.717) is 19.3 Å². The number of allylic oxidation sites excluding steroid dienone is 2. The number of phosphoric acid groups is 1. The number of esters is 3. The van der Waals surface area contributed by atoms with Crippen molar-refractivity contribution in [2.75, 3.05) is 26.4 Å². The lowest BCUT2D eigenvalue weighted by molar-refractivity contribution is -0.161. The molecule has 2 N–H and O–H groups in total. The summed E-state index contributed by atoms with van der Waals surface area (Å²) in [5.74, 6) is -1.45. The van der Waals surface area contributed by atoms with Crippen LogP contribution >= 0.6 is 7.82 Å². The molecule has 0 spiro atoms. The molecule has 0 rings (SSSR count). The Morgan fingerprint density at radius 3 is 1.12 bits per heavy atom. The lowest BCUT2D eigenvalue weighted by Crippen LogP contribution is -2.30. The van der Waals surface area contributed by atoms with Gasteiger partial charge in [0.05, 0.1) is 19.8 Å². The second-order valence-electron chi connectivity index (χ2n) is 18.1. The molecule has 0 aliphatic carbocycles. The molecule has 3 atom stereocenters. The monoisotopic (exact) mass is 931 g/mol. The van der Waals surface area contributed by atoms with E-state index in [2.05, 4.69) is 32.9 Å². The zero-order chi connectivity index (χ0) is 47.0. The lowest BCUT2D eigenvalue weighted by atomic mass is 10.0. The van der Waals surface area contributed by atoms with Crippen molar-refractivity contribution in [1.82, 2.24) is 0 Å². The van der Waals surface area contributed by atoms with Crippen LogP contribution in [0.3, 0.4) is 0 Å². The maximum Gasteiger partial charge on any atom is 0.472 e. The van der Waals surface area contributed by atoms with Gasteiger partial charge in [-0.15, -0.1) is 0 Å². The number of aliphatic hydroxyl groups excluding tert-OH is 1. The van der Waals surface area contributed by atoms with Crippen molar-refractivity contribution in [1.29, 1.82) is 0 Å². The van der Waals surface area contributed by atoms with Gasteiger partial charge in [-0.05, 0) is 38.5 Å². The van der Waals surface area contributed by atoms with E-state index in [1.54, 1.807) is 0 Å². The first-order valence-electron chi connectivity index (χ1n) is 26.6. The number of carbonyl (C=O) groups excluding carboxylic acids is 3. The third-order valence-corrected chi connectivity index (χ3v) is 12.6. The molecular formula is C52H99O11P. The normalized spacial score (nSPS) is 13.5.